The molecule has 132 valence electrons. The van der Waals surface area contributed by atoms with Gasteiger partial charge in [-0.15, -0.1) is 0 Å². The molecule has 0 spiro atoms. The van der Waals surface area contributed by atoms with E-state index in [-0.39, 0.29) is 16.7 Å². The quantitative estimate of drug-likeness (QED) is 0.440. The van der Waals surface area contributed by atoms with Gasteiger partial charge in [-0.2, -0.15) is 0 Å². The average Bonchev–Trinajstić information content (AvgIpc) is 2.61. The second kappa shape index (κ2) is 6.80. The number of carbonyl (C=O) groups excluding carboxylic acids is 1. The van der Waals surface area contributed by atoms with Gasteiger partial charge in [-0.1, -0.05) is 31.0 Å². The Balaban J connectivity index is 2.07. The summed E-state index contributed by atoms with van der Waals surface area (Å²) in [4.78, 5) is 37.4. The van der Waals surface area contributed by atoms with Gasteiger partial charge in [-0.3, -0.25) is 18.4 Å². The van der Waals surface area contributed by atoms with Gasteiger partial charge in [0.1, 0.15) is 0 Å². The highest BCUT2D eigenvalue weighted by Crippen LogP contribution is 2.15. The molecule has 6 heteroatoms. The number of aromatic nitrogens is 2. The summed E-state index contributed by atoms with van der Waals surface area (Å²) < 4.78 is 2.68. The van der Waals surface area contributed by atoms with E-state index in [1.165, 1.54) is 20.7 Å². The molecule has 0 N–H and O–H groups in total. The van der Waals surface area contributed by atoms with Crippen molar-refractivity contribution in [2.45, 2.75) is 13.8 Å². The number of aryl methyl sites for hydroxylation is 2. The van der Waals surface area contributed by atoms with Crippen molar-refractivity contribution in [3.63, 3.8) is 0 Å². The second-order valence-corrected chi connectivity index (χ2v) is 6.58. The third kappa shape index (κ3) is 3.04. The number of nitrogens with zero attached hydrogens (tertiary/aromatic N) is 2. The molecule has 1 aromatic carbocycles. The highest BCUT2D eigenvalue weighted by Gasteiger charge is 2.14. The zero-order valence-electron chi connectivity index (χ0n) is 14.7. The van der Waals surface area contributed by atoms with Crippen LogP contribution in [0.4, 0.5) is 0 Å². The Kier molecular flexibility index (Phi) is 4.70. The van der Waals surface area contributed by atoms with Crippen molar-refractivity contribution in [3.05, 3.63) is 85.6 Å². The van der Waals surface area contributed by atoms with Crippen molar-refractivity contribution in [3.8, 4) is 0 Å². The molecule has 0 aliphatic heterocycles. The van der Waals surface area contributed by atoms with E-state index < -0.39 is 5.78 Å². The van der Waals surface area contributed by atoms with Gasteiger partial charge < -0.3 is 4.57 Å². The highest BCUT2D eigenvalue weighted by atomic mass is 32.1. The minimum Gasteiger partial charge on any atom is -0.315 e. The lowest BCUT2D eigenvalue weighted by atomic mass is 10.0. The number of benzene rings is 1. The molecule has 3 aromatic rings. The fourth-order valence-corrected chi connectivity index (χ4v) is 3.21. The Morgan fingerprint density at radius 2 is 1.77 bits per heavy atom. The van der Waals surface area contributed by atoms with Gasteiger partial charge in [0.2, 0.25) is 0 Å². The molecule has 2 aromatic heterocycles. The molecule has 0 fully saturated rings. The van der Waals surface area contributed by atoms with Gasteiger partial charge in [-0.05, 0) is 55.1 Å². The maximum Gasteiger partial charge on any atom is 0.268 e. The summed E-state index contributed by atoms with van der Waals surface area (Å²) in [5.41, 5.74) is 1.85. The first-order chi connectivity index (χ1) is 12.3. The maximum absolute atomic E-state index is 12.6. The molecule has 0 unspecified atom stereocenters. The number of hydrogen-bond acceptors (Lipinski definition) is 4. The summed E-state index contributed by atoms with van der Waals surface area (Å²) in [7, 11) is 1.63. The predicted octanol–water partition coefficient (Wildman–Crippen LogP) is 2.91. The van der Waals surface area contributed by atoms with Crippen LogP contribution in [0.2, 0.25) is 0 Å². The van der Waals surface area contributed by atoms with Crippen LogP contribution in [0, 0.1) is 13.8 Å². The van der Waals surface area contributed by atoms with Crippen LogP contribution in [0.1, 0.15) is 27.2 Å². The summed E-state index contributed by atoms with van der Waals surface area (Å²) in [6.45, 7) is 3.54. The standard InChI is InChI=1S/C20H18N2O3S/c1-12-10-13(2)21(3)20(25)18(12)17(23)9-8-15-11-14-6-4-5-7-16(14)22(26)19(15)24/h4-11,26H,1-3H3/b9-8+. The van der Waals surface area contributed by atoms with Crippen molar-refractivity contribution in [1.82, 2.24) is 8.54 Å². The first-order valence-electron chi connectivity index (χ1n) is 8.05. The largest absolute Gasteiger partial charge is 0.315 e. The van der Waals surface area contributed by atoms with Gasteiger partial charge in [0.25, 0.3) is 11.1 Å². The topological polar surface area (TPSA) is 61.1 Å². The van der Waals surface area contributed by atoms with E-state index in [4.69, 9.17) is 0 Å². The summed E-state index contributed by atoms with van der Waals surface area (Å²) in [6, 6.07) is 10.8. The fourth-order valence-electron chi connectivity index (χ4n) is 2.91. The number of pyridine rings is 2. The van der Waals surface area contributed by atoms with Gasteiger partial charge in [0.05, 0.1) is 11.1 Å². The molecule has 0 saturated heterocycles. The van der Waals surface area contributed by atoms with Crippen molar-refractivity contribution >= 4 is 35.6 Å². The molecular formula is C20H18N2O3S. The smallest absolute Gasteiger partial charge is 0.268 e. The molecule has 0 aliphatic carbocycles. The van der Waals surface area contributed by atoms with Crippen LogP contribution in [-0.4, -0.2) is 14.3 Å². The van der Waals surface area contributed by atoms with Crippen LogP contribution in [0.3, 0.4) is 0 Å². The van der Waals surface area contributed by atoms with Gasteiger partial charge in [-0.25, -0.2) is 0 Å². The summed E-state index contributed by atoms with van der Waals surface area (Å²) >= 11 is 4.24. The van der Waals surface area contributed by atoms with E-state index in [1.54, 1.807) is 32.2 Å². The van der Waals surface area contributed by atoms with E-state index >= 15 is 0 Å². The summed E-state index contributed by atoms with van der Waals surface area (Å²) in [6.07, 6.45) is 2.70. The number of fused-ring (bicyclic) bond motifs is 1. The van der Waals surface area contributed by atoms with Gasteiger partial charge >= 0.3 is 0 Å². The Morgan fingerprint density at radius 1 is 1.08 bits per heavy atom. The Labute approximate surface area is 155 Å². The zero-order valence-corrected chi connectivity index (χ0v) is 15.6. The molecule has 2 heterocycles. The van der Waals surface area contributed by atoms with E-state index in [9.17, 15) is 14.4 Å². The first-order valence-corrected chi connectivity index (χ1v) is 8.45. The Morgan fingerprint density at radius 3 is 2.50 bits per heavy atom. The van der Waals surface area contributed by atoms with Gasteiger partial charge in [0, 0.05) is 18.3 Å². The monoisotopic (exact) mass is 366 g/mol. The average molecular weight is 366 g/mol. The lowest BCUT2D eigenvalue weighted by Gasteiger charge is -2.08. The summed E-state index contributed by atoms with van der Waals surface area (Å²) in [5.74, 6) is -0.429. The molecule has 0 amide bonds. The molecular weight excluding hydrogens is 348 g/mol. The van der Waals surface area contributed by atoms with Gasteiger partial charge in [0.15, 0.2) is 5.78 Å². The van der Waals surface area contributed by atoms with Crippen LogP contribution in [0.25, 0.3) is 17.0 Å². The highest BCUT2D eigenvalue weighted by molar-refractivity contribution is 7.78. The van der Waals surface area contributed by atoms with Crippen LogP contribution >= 0.6 is 12.8 Å². The molecule has 0 aliphatic rings. The van der Waals surface area contributed by atoms with Crippen LogP contribution in [-0.2, 0) is 7.05 Å². The van der Waals surface area contributed by atoms with E-state index in [0.717, 1.165) is 11.1 Å². The molecule has 5 nitrogen and oxygen atoms in total. The SMILES string of the molecule is Cc1cc(C)n(C)c(=O)c1C(=O)/C=C/c1cc2ccccc2n(S)c1=O. The first kappa shape index (κ1) is 17.9. The maximum atomic E-state index is 12.6. The van der Waals surface area contributed by atoms with E-state index in [1.807, 2.05) is 25.1 Å². The van der Waals surface area contributed by atoms with Crippen molar-refractivity contribution < 1.29 is 4.79 Å². The molecule has 0 bridgehead atoms. The van der Waals surface area contributed by atoms with Crippen LogP contribution in [0.5, 0.6) is 0 Å². The molecule has 26 heavy (non-hydrogen) atoms. The second-order valence-electron chi connectivity index (χ2n) is 6.18. The lowest BCUT2D eigenvalue weighted by Crippen LogP contribution is -2.26. The minimum atomic E-state index is -0.429. The number of ketones is 1. The number of rotatable bonds is 3. The Bertz CT molecular complexity index is 1190. The Hall–Kier alpha value is -2.86. The number of carbonyl (C=O) groups is 1. The third-order valence-electron chi connectivity index (χ3n) is 4.44. The zero-order chi connectivity index (χ0) is 19.0. The fraction of sp³-hybridized carbons (Fsp3) is 0.150. The van der Waals surface area contributed by atoms with Crippen molar-refractivity contribution in [2.24, 2.45) is 7.05 Å². The molecule has 0 atom stereocenters. The molecule has 3 rings (SSSR count). The number of hydrogen-bond donors (Lipinski definition) is 1. The normalized spacial score (nSPS) is 11.4. The van der Waals surface area contributed by atoms with Crippen LogP contribution in [0.15, 0.2) is 52.1 Å². The van der Waals surface area contributed by atoms with E-state index in [0.29, 0.717) is 16.6 Å². The third-order valence-corrected chi connectivity index (χ3v) is 4.84. The number of para-hydroxylation sites is 1. The number of allylic oxidation sites excluding steroid dienone is 1. The van der Waals surface area contributed by atoms with Crippen molar-refractivity contribution in [2.75, 3.05) is 0 Å². The summed E-state index contributed by atoms with van der Waals surface area (Å²) in [5, 5.41) is 0.830. The predicted molar refractivity (Wildman–Crippen MR) is 107 cm³/mol. The minimum absolute atomic E-state index is 0.112. The van der Waals surface area contributed by atoms with E-state index in [2.05, 4.69) is 12.8 Å². The lowest BCUT2D eigenvalue weighted by molar-refractivity contribution is 0.104. The van der Waals surface area contributed by atoms with Crippen LogP contribution < -0.4 is 11.1 Å². The number of thiol groups is 1. The van der Waals surface area contributed by atoms with Crippen molar-refractivity contribution in [1.29, 1.82) is 0 Å². The molecule has 0 radical (unpaired) electrons. The molecule has 0 saturated carbocycles.